The van der Waals surface area contributed by atoms with Crippen LogP contribution in [0.4, 0.5) is 0 Å². The second-order valence-electron chi connectivity index (χ2n) is 3.29. The van der Waals surface area contributed by atoms with E-state index < -0.39 is 9.73 Å². The first-order chi connectivity index (χ1) is 7.59. The molecule has 0 fully saturated rings. The Morgan fingerprint density at radius 1 is 1.44 bits per heavy atom. The fourth-order valence-electron chi connectivity index (χ4n) is 1.32. The van der Waals surface area contributed by atoms with Crippen LogP contribution in [0.5, 0.6) is 0 Å². The molecule has 86 valence electrons. The summed E-state index contributed by atoms with van der Waals surface area (Å²) in [6.07, 6.45) is 0. The van der Waals surface area contributed by atoms with E-state index in [9.17, 15) is 4.21 Å². The van der Waals surface area contributed by atoms with Crippen LogP contribution in [0.1, 0.15) is 12.5 Å². The molecule has 0 N–H and O–H groups in total. The van der Waals surface area contributed by atoms with Crippen LogP contribution in [0.25, 0.3) is 0 Å². The highest BCUT2D eigenvalue weighted by Gasteiger charge is 2.09. The Kier molecular flexibility index (Phi) is 4.78. The second kappa shape index (κ2) is 5.88. The highest BCUT2D eigenvalue weighted by Crippen LogP contribution is 2.13. The van der Waals surface area contributed by atoms with E-state index in [2.05, 4.69) is 4.36 Å². The highest BCUT2D eigenvalue weighted by atomic mass is 35.5. The predicted octanol–water partition coefficient (Wildman–Crippen LogP) is 2.85. The maximum absolute atomic E-state index is 12.2. The molecule has 0 saturated heterocycles. The molecule has 0 bridgehead atoms. The molecule has 0 aromatic heterocycles. The van der Waals surface area contributed by atoms with Gasteiger partial charge in [0.1, 0.15) is 5.75 Å². The fourth-order valence-corrected chi connectivity index (χ4v) is 3.12. The van der Waals surface area contributed by atoms with E-state index in [0.717, 1.165) is 5.56 Å². The van der Waals surface area contributed by atoms with Gasteiger partial charge in [-0.1, -0.05) is 23.7 Å². The molecule has 0 aliphatic heterocycles. The summed E-state index contributed by atoms with van der Waals surface area (Å²) >= 11 is 5.76. The van der Waals surface area contributed by atoms with Crippen molar-refractivity contribution in [1.29, 1.82) is 5.26 Å². The SMILES string of the molecule is CCN=S(=O)(CC#N)Cc1ccc(Cl)cc1. The molecule has 0 heterocycles. The maximum atomic E-state index is 12.2. The monoisotopic (exact) mass is 256 g/mol. The summed E-state index contributed by atoms with van der Waals surface area (Å²) in [5, 5.41) is 9.28. The van der Waals surface area contributed by atoms with Crippen LogP contribution < -0.4 is 0 Å². The van der Waals surface area contributed by atoms with E-state index >= 15 is 0 Å². The average Bonchev–Trinajstić information content (AvgIpc) is 2.22. The molecule has 0 radical (unpaired) electrons. The summed E-state index contributed by atoms with van der Waals surface area (Å²) in [7, 11) is -2.43. The normalized spacial score (nSPS) is 13.8. The van der Waals surface area contributed by atoms with Crippen LogP contribution in [0.2, 0.25) is 5.02 Å². The van der Waals surface area contributed by atoms with E-state index in [1.807, 2.05) is 25.1 Å². The van der Waals surface area contributed by atoms with Gasteiger partial charge in [0, 0.05) is 11.6 Å². The van der Waals surface area contributed by atoms with Gasteiger partial charge in [0.2, 0.25) is 0 Å². The zero-order chi connectivity index (χ0) is 12.0. The van der Waals surface area contributed by atoms with Gasteiger partial charge in [-0.3, -0.25) is 0 Å². The van der Waals surface area contributed by atoms with Crippen molar-refractivity contribution in [2.45, 2.75) is 12.7 Å². The molecule has 5 heteroatoms. The number of rotatable bonds is 4. The lowest BCUT2D eigenvalue weighted by molar-refractivity contribution is 0.676. The summed E-state index contributed by atoms with van der Waals surface area (Å²) in [5.74, 6) is 0.287. The number of hydrogen-bond acceptors (Lipinski definition) is 3. The third kappa shape index (κ3) is 3.84. The van der Waals surface area contributed by atoms with Crippen molar-refractivity contribution in [1.82, 2.24) is 0 Å². The summed E-state index contributed by atoms with van der Waals surface area (Å²) in [6.45, 7) is 2.28. The first kappa shape index (κ1) is 13.0. The zero-order valence-corrected chi connectivity index (χ0v) is 10.6. The van der Waals surface area contributed by atoms with E-state index in [0.29, 0.717) is 17.3 Å². The van der Waals surface area contributed by atoms with Gasteiger partial charge in [0.05, 0.1) is 21.6 Å². The molecule has 0 spiro atoms. The van der Waals surface area contributed by atoms with Gasteiger partial charge in [-0.25, -0.2) is 8.57 Å². The largest absolute Gasteiger partial charge is 0.248 e. The minimum Gasteiger partial charge on any atom is -0.248 e. The molecule has 1 unspecified atom stereocenters. The minimum atomic E-state index is -2.43. The Hall–Kier alpha value is -1.05. The quantitative estimate of drug-likeness (QED) is 0.832. The van der Waals surface area contributed by atoms with Gasteiger partial charge in [0.15, 0.2) is 0 Å². The van der Waals surface area contributed by atoms with Gasteiger partial charge in [-0.15, -0.1) is 0 Å². The predicted molar refractivity (Wildman–Crippen MR) is 66.7 cm³/mol. The Labute approximate surface area is 101 Å². The maximum Gasteiger partial charge on any atom is 0.119 e. The van der Waals surface area contributed by atoms with Crippen molar-refractivity contribution in [2.75, 3.05) is 12.3 Å². The fraction of sp³-hybridized carbons (Fsp3) is 0.364. The Bertz CT molecular complexity index is 496. The van der Waals surface area contributed by atoms with Crippen molar-refractivity contribution >= 4 is 21.3 Å². The van der Waals surface area contributed by atoms with Gasteiger partial charge in [-0.05, 0) is 24.6 Å². The number of hydrogen-bond donors (Lipinski definition) is 0. The van der Waals surface area contributed by atoms with Gasteiger partial charge >= 0.3 is 0 Å². The lowest BCUT2D eigenvalue weighted by atomic mass is 10.2. The first-order valence-electron chi connectivity index (χ1n) is 4.89. The summed E-state index contributed by atoms with van der Waals surface area (Å²) < 4.78 is 16.3. The van der Waals surface area contributed by atoms with Crippen molar-refractivity contribution in [3.05, 3.63) is 34.9 Å². The molecule has 1 atom stereocenters. The smallest absolute Gasteiger partial charge is 0.119 e. The van der Waals surface area contributed by atoms with E-state index in [-0.39, 0.29) is 5.75 Å². The van der Waals surface area contributed by atoms with Crippen LogP contribution >= 0.6 is 11.6 Å². The molecule has 0 aliphatic rings. The number of nitrogens with zero attached hydrogens (tertiary/aromatic N) is 2. The molecular weight excluding hydrogens is 244 g/mol. The van der Waals surface area contributed by atoms with Gasteiger partial charge in [0.25, 0.3) is 0 Å². The van der Waals surface area contributed by atoms with E-state index in [4.69, 9.17) is 16.9 Å². The van der Waals surface area contributed by atoms with Gasteiger partial charge in [-0.2, -0.15) is 5.26 Å². The molecule has 3 nitrogen and oxygen atoms in total. The van der Waals surface area contributed by atoms with Crippen molar-refractivity contribution < 1.29 is 4.21 Å². The molecular formula is C11H13ClN2OS. The number of nitriles is 1. The lowest BCUT2D eigenvalue weighted by Crippen LogP contribution is -2.08. The first-order valence-corrected chi connectivity index (χ1v) is 7.12. The number of benzene rings is 1. The molecule has 0 aliphatic carbocycles. The Morgan fingerprint density at radius 2 is 2.06 bits per heavy atom. The summed E-state index contributed by atoms with van der Waals surface area (Å²) in [5.41, 5.74) is 0.891. The topological polar surface area (TPSA) is 53.2 Å². The van der Waals surface area contributed by atoms with Crippen molar-refractivity contribution in [2.24, 2.45) is 4.36 Å². The lowest BCUT2D eigenvalue weighted by Gasteiger charge is -2.06. The second-order valence-corrected chi connectivity index (χ2v) is 6.11. The third-order valence-corrected chi connectivity index (χ3v) is 4.31. The molecule has 16 heavy (non-hydrogen) atoms. The van der Waals surface area contributed by atoms with Crippen LogP contribution in [0.15, 0.2) is 28.6 Å². The van der Waals surface area contributed by atoms with Crippen LogP contribution in [-0.4, -0.2) is 16.5 Å². The van der Waals surface area contributed by atoms with Crippen LogP contribution in [0, 0.1) is 11.3 Å². The summed E-state index contributed by atoms with van der Waals surface area (Å²) in [6, 6.07) is 9.04. The molecule has 1 aromatic carbocycles. The zero-order valence-electron chi connectivity index (χ0n) is 9.02. The van der Waals surface area contributed by atoms with Crippen molar-refractivity contribution in [3.8, 4) is 6.07 Å². The molecule has 0 amide bonds. The van der Waals surface area contributed by atoms with E-state index in [1.54, 1.807) is 12.1 Å². The standard InChI is InChI=1S/C11H13ClN2OS/c1-2-14-16(15,8-7-13)9-10-3-5-11(12)6-4-10/h3-6H,2,8-9H2,1H3. The number of halogens is 1. The van der Waals surface area contributed by atoms with Crippen LogP contribution in [-0.2, 0) is 15.5 Å². The Balaban J connectivity index is 2.94. The van der Waals surface area contributed by atoms with Gasteiger partial charge < -0.3 is 0 Å². The highest BCUT2D eigenvalue weighted by molar-refractivity contribution is 7.93. The van der Waals surface area contributed by atoms with Crippen LogP contribution in [0.3, 0.4) is 0 Å². The molecule has 0 saturated carbocycles. The summed E-state index contributed by atoms with van der Waals surface area (Å²) in [4.78, 5) is 0. The molecule has 1 aromatic rings. The average molecular weight is 257 g/mol. The van der Waals surface area contributed by atoms with E-state index in [1.165, 1.54) is 0 Å². The Morgan fingerprint density at radius 3 is 2.56 bits per heavy atom. The molecule has 1 rings (SSSR count). The minimum absolute atomic E-state index is 0.0243. The van der Waals surface area contributed by atoms with Crippen molar-refractivity contribution in [3.63, 3.8) is 0 Å². The third-order valence-electron chi connectivity index (χ3n) is 1.96.